The summed E-state index contributed by atoms with van der Waals surface area (Å²) >= 11 is 0. The summed E-state index contributed by atoms with van der Waals surface area (Å²) in [7, 11) is 2.03. The Hall–Kier alpha value is -2.94. The average molecular weight is 438 g/mol. The van der Waals surface area contributed by atoms with Gasteiger partial charge in [0.05, 0.1) is 17.7 Å². The molecule has 0 radical (unpaired) electrons. The smallest absolute Gasteiger partial charge is 0.267 e. The van der Waals surface area contributed by atoms with E-state index in [0.717, 1.165) is 80.0 Å². The highest BCUT2D eigenvalue weighted by molar-refractivity contribution is 5.87. The molecule has 2 fully saturated rings. The molecular formula is C23H31N7O2. The highest BCUT2D eigenvalue weighted by atomic mass is 16.3. The Morgan fingerprint density at radius 2 is 2.03 bits per heavy atom. The predicted molar refractivity (Wildman–Crippen MR) is 124 cm³/mol. The predicted octanol–water partition coefficient (Wildman–Crippen LogP) is 2.39. The molecule has 1 aliphatic carbocycles. The molecule has 170 valence electrons. The fourth-order valence-corrected chi connectivity index (χ4v) is 5.17. The normalized spacial score (nSPS) is 23.7. The second-order valence-corrected chi connectivity index (χ2v) is 9.06. The highest BCUT2D eigenvalue weighted by Gasteiger charge is 2.30. The van der Waals surface area contributed by atoms with Crippen LogP contribution in [0.2, 0.25) is 0 Å². The molecule has 0 bridgehead atoms. The molecule has 2 aliphatic rings. The van der Waals surface area contributed by atoms with Crippen LogP contribution in [0.3, 0.4) is 0 Å². The van der Waals surface area contributed by atoms with E-state index in [1.165, 1.54) is 4.68 Å². The number of aryl methyl sites for hydroxylation is 2. The highest BCUT2D eigenvalue weighted by Crippen LogP contribution is 2.30. The van der Waals surface area contributed by atoms with Gasteiger partial charge in [0.2, 0.25) is 0 Å². The van der Waals surface area contributed by atoms with Gasteiger partial charge in [-0.25, -0.2) is 14.6 Å². The summed E-state index contributed by atoms with van der Waals surface area (Å²) in [6.07, 6.45) is 6.85. The number of nitrogens with one attached hydrogen (secondary N) is 1. The molecule has 5 rings (SSSR count). The third-order valence-electron chi connectivity index (χ3n) is 7.06. The zero-order chi connectivity index (χ0) is 22.2. The maximum atomic E-state index is 12.5. The Bertz CT molecular complexity index is 1170. The van der Waals surface area contributed by atoms with Crippen molar-refractivity contribution in [1.82, 2.24) is 24.3 Å². The molecule has 3 unspecified atom stereocenters. The van der Waals surface area contributed by atoms with Crippen LogP contribution in [0.4, 0.5) is 11.6 Å². The minimum absolute atomic E-state index is 0.145. The van der Waals surface area contributed by atoms with Crippen molar-refractivity contribution in [2.24, 2.45) is 7.05 Å². The summed E-state index contributed by atoms with van der Waals surface area (Å²) in [6, 6.07) is 5.50. The quantitative estimate of drug-likeness (QED) is 0.632. The third-order valence-corrected chi connectivity index (χ3v) is 7.06. The van der Waals surface area contributed by atoms with E-state index in [4.69, 9.17) is 5.10 Å². The van der Waals surface area contributed by atoms with Crippen LogP contribution >= 0.6 is 0 Å². The van der Waals surface area contributed by atoms with Crippen molar-refractivity contribution in [1.29, 1.82) is 0 Å². The molecule has 1 aliphatic heterocycles. The number of nitrogens with zero attached hydrogens (tertiary/aromatic N) is 6. The van der Waals surface area contributed by atoms with Crippen molar-refractivity contribution < 1.29 is 5.11 Å². The lowest BCUT2D eigenvalue weighted by Gasteiger charge is -2.37. The Balaban J connectivity index is 1.39. The summed E-state index contributed by atoms with van der Waals surface area (Å²) in [6.45, 7) is 3.69. The molecule has 2 N–H and O–H groups in total. The lowest BCUT2D eigenvalue weighted by Crippen LogP contribution is -2.45. The summed E-state index contributed by atoms with van der Waals surface area (Å²) in [5.74, 6) is 1.64. The summed E-state index contributed by atoms with van der Waals surface area (Å²) < 4.78 is 3.62. The molecule has 1 saturated carbocycles. The van der Waals surface area contributed by atoms with Gasteiger partial charge in [-0.3, -0.25) is 4.79 Å². The van der Waals surface area contributed by atoms with Gasteiger partial charge >= 0.3 is 0 Å². The number of aromatic nitrogens is 5. The third kappa shape index (κ3) is 3.74. The maximum Gasteiger partial charge on any atom is 0.267 e. The Kier molecular flexibility index (Phi) is 5.58. The molecule has 3 aromatic heterocycles. The Morgan fingerprint density at radius 3 is 2.84 bits per heavy atom. The van der Waals surface area contributed by atoms with Crippen LogP contribution in [-0.4, -0.2) is 54.7 Å². The van der Waals surface area contributed by atoms with Crippen LogP contribution < -0.4 is 15.8 Å². The average Bonchev–Trinajstić information content (AvgIpc) is 3.35. The first kappa shape index (κ1) is 20.9. The van der Waals surface area contributed by atoms with E-state index in [2.05, 4.69) is 37.7 Å². The van der Waals surface area contributed by atoms with E-state index in [1.54, 1.807) is 12.4 Å². The monoisotopic (exact) mass is 437 g/mol. The first-order valence-electron chi connectivity index (χ1n) is 11.6. The number of rotatable bonds is 5. The number of hydrogen-bond acceptors (Lipinski definition) is 7. The van der Waals surface area contributed by atoms with Crippen molar-refractivity contribution in [3.63, 3.8) is 0 Å². The van der Waals surface area contributed by atoms with Crippen LogP contribution in [-0.2, 0) is 7.05 Å². The van der Waals surface area contributed by atoms with Crippen molar-refractivity contribution in [2.75, 3.05) is 23.3 Å². The lowest BCUT2D eigenvalue weighted by atomic mass is 10.0. The zero-order valence-electron chi connectivity index (χ0n) is 18.7. The van der Waals surface area contributed by atoms with E-state index < -0.39 is 6.10 Å². The number of hydrogen-bond donors (Lipinski definition) is 2. The Labute approximate surface area is 187 Å². The molecular weight excluding hydrogens is 406 g/mol. The van der Waals surface area contributed by atoms with Crippen molar-refractivity contribution in [3.05, 3.63) is 40.6 Å². The van der Waals surface area contributed by atoms with E-state index in [9.17, 15) is 9.90 Å². The summed E-state index contributed by atoms with van der Waals surface area (Å²) in [5, 5.41) is 18.6. The molecule has 9 heteroatoms. The second kappa shape index (κ2) is 8.54. The van der Waals surface area contributed by atoms with Gasteiger partial charge in [0.1, 0.15) is 17.7 Å². The second-order valence-electron chi connectivity index (χ2n) is 9.06. The molecule has 9 nitrogen and oxygen atoms in total. The number of anilines is 2. The minimum atomic E-state index is -0.497. The molecule has 0 spiro atoms. The lowest BCUT2D eigenvalue weighted by molar-refractivity contribution is 0.127. The van der Waals surface area contributed by atoms with Crippen LogP contribution in [0.25, 0.3) is 11.0 Å². The standard InChI is InChI=1S/C23H31N7O2/c1-15-12-17-22(28(15)2)23(26-14-25-17)24-13-16-6-3-4-11-29(16)20-9-10-21(32)30(27-20)18-7-5-8-19(18)31/h9-10,12,14,16,18-19,31H,3-8,11,13H2,1-2H3,(H,24,25,26). The van der Waals surface area contributed by atoms with Gasteiger partial charge in [-0.05, 0) is 57.6 Å². The van der Waals surface area contributed by atoms with Crippen LogP contribution in [0.5, 0.6) is 0 Å². The van der Waals surface area contributed by atoms with E-state index in [-0.39, 0.29) is 17.6 Å². The number of piperidine rings is 1. The summed E-state index contributed by atoms with van der Waals surface area (Å²) in [4.78, 5) is 23.7. The maximum absolute atomic E-state index is 12.5. The number of aliphatic hydroxyl groups is 1. The van der Waals surface area contributed by atoms with E-state index >= 15 is 0 Å². The number of fused-ring (bicyclic) bond motifs is 1. The zero-order valence-corrected chi connectivity index (χ0v) is 18.7. The number of aliphatic hydroxyl groups excluding tert-OH is 1. The molecule has 3 atom stereocenters. The largest absolute Gasteiger partial charge is 0.391 e. The van der Waals surface area contributed by atoms with E-state index in [1.807, 2.05) is 13.1 Å². The molecule has 3 aromatic rings. The van der Waals surface area contributed by atoms with Gasteiger partial charge in [-0.1, -0.05) is 0 Å². The van der Waals surface area contributed by atoms with Crippen molar-refractivity contribution >= 4 is 22.7 Å². The van der Waals surface area contributed by atoms with Gasteiger partial charge in [0, 0.05) is 37.9 Å². The van der Waals surface area contributed by atoms with Crippen LogP contribution in [0.15, 0.2) is 29.3 Å². The molecule has 32 heavy (non-hydrogen) atoms. The van der Waals surface area contributed by atoms with Gasteiger partial charge in [-0.2, -0.15) is 5.10 Å². The van der Waals surface area contributed by atoms with Gasteiger partial charge < -0.3 is 19.9 Å². The van der Waals surface area contributed by atoms with Crippen LogP contribution in [0.1, 0.15) is 50.3 Å². The summed E-state index contributed by atoms with van der Waals surface area (Å²) in [5.41, 5.74) is 2.94. The topological polar surface area (TPSA) is 101 Å². The first-order chi connectivity index (χ1) is 15.5. The SMILES string of the molecule is Cc1cc2ncnc(NCC3CCCCN3c3ccc(=O)n(C4CCCC4O)n3)c2n1C. The Morgan fingerprint density at radius 1 is 1.16 bits per heavy atom. The van der Waals surface area contributed by atoms with E-state index in [0.29, 0.717) is 0 Å². The minimum Gasteiger partial charge on any atom is -0.391 e. The van der Waals surface area contributed by atoms with Crippen molar-refractivity contribution in [3.8, 4) is 0 Å². The fourth-order valence-electron chi connectivity index (χ4n) is 5.17. The molecule has 0 amide bonds. The van der Waals surface area contributed by atoms with Crippen molar-refractivity contribution in [2.45, 2.75) is 63.6 Å². The molecule has 4 heterocycles. The fraction of sp³-hybridized carbons (Fsp3) is 0.565. The van der Waals surface area contributed by atoms with Gasteiger partial charge in [0.15, 0.2) is 5.82 Å². The molecule has 0 aromatic carbocycles. The van der Waals surface area contributed by atoms with Gasteiger partial charge in [-0.15, -0.1) is 0 Å². The first-order valence-corrected chi connectivity index (χ1v) is 11.6. The molecule has 1 saturated heterocycles. The van der Waals surface area contributed by atoms with Crippen LogP contribution in [0, 0.1) is 6.92 Å². The van der Waals surface area contributed by atoms with Gasteiger partial charge in [0.25, 0.3) is 5.56 Å².